The maximum absolute atomic E-state index is 12.9. The molecular weight excluding hydrogens is 309 g/mol. The summed E-state index contributed by atoms with van der Waals surface area (Å²) in [6.07, 6.45) is 3.68. The van der Waals surface area contributed by atoms with Gasteiger partial charge in [0.1, 0.15) is 5.82 Å². The monoisotopic (exact) mass is 333 g/mol. The second-order valence-corrected chi connectivity index (χ2v) is 6.74. The Morgan fingerprint density at radius 2 is 1.67 bits per heavy atom. The fourth-order valence-corrected chi connectivity index (χ4v) is 3.61. The molecule has 2 aliphatic rings. The summed E-state index contributed by atoms with van der Waals surface area (Å²) in [4.78, 5) is 28.4. The van der Waals surface area contributed by atoms with Crippen LogP contribution >= 0.6 is 0 Å². The molecule has 2 amide bonds. The lowest BCUT2D eigenvalue weighted by molar-refractivity contribution is -0.133. The van der Waals surface area contributed by atoms with Gasteiger partial charge in [-0.1, -0.05) is 6.42 Å². The Labute approximate surface area is 141 Å². The molecule has 3 rings (SSSR count). The summed E-state index contributed by atoms with van der Waals surface area (Å²) >= 11 is 0. The van der Waals surface area contributed by atoms with Gasteiger partial charge < -0.3 is 15.5 Å². The van der Waals surface area contributed by atoms with E-state index in [9.17, 15) is 14.0 Å². The first-order valence-corrected chi connectivity index (χ1v) is 8.63. The van der Waals surface area contributed by atoms with Crippen LogP contribution in [-0.4, -0.2) is 53.8 Å². The maximum Gasteiger partial charge on any atom is 0.253 e. The molecule has 0 radical (unpaired) electrons. The minimum Gasteiger partial charge on any atom is -0.339 e. The lowest BCUT2D eigenvalue weighted by Crippen LogP contribution is -2.51. The van der Waals surface area contributed by atoms with E-state index in [2.05, 4.69) is 0 Å². The molecule has 1 heterocycles. The van der Waals surface area contributed by atoms with Crippen LogP contribution in [0.4, 0.5) is 4.39 Å². The number of nitrogens with zero attached hydrogens (tertiary/aromatic N) is 2. The standard InChI is InChI=1S/C18H24FN3O2/c19-15-6-4-13(5-7-15)18(24)22-10-8-21(9-11-22)17(23)12-14-2-1-3-16(14)20/h4-7,14,16H,1-3,8-12,20H2/t14-,16+/m0/s1. The van der Waals surface area contributed by atoms with Gasteiger partial charge in [0.05, 0.1) is 0 Å². The molecular formula is C18H24FN3O2. The number of halogens is 1. The molecule has 1 saturated carbocycles. The number of carbonyl (C=O) groups is 2. The van der Waals surface area contributed by atoms with Crippen molar-refractivity contribution in [1.29, 1.82) is 0 Å². The molecule has 5 nitrogen and oxygen atoms in total. The van der Waals surface area contributed by atoms with Crippen LogP contribution in [0.25, 0.3) is 0 Å². The van der Waals surface area contributed by atoms with Gasteiger partial charge in [-0.25, -0.2) is 4.39 Å². The molecule has 0 spiro atoms. The van der Waals surface area contributed by atoms with Crippen LogP contribution in [0.2, 0.25) is 0 Å². The van der Waals surface area contributed by atoms with Gasteiger partial charge in [-0.05, 0) is 43.0 Å². The minimum atomic E-state index is -0.355. The van der Waals surface area contributed by atoms with Crippen molar-refractivity contribution in [2.24, 2.45) is 11.7 Å². The van der Waals surface area contributed by atoms with Crippen LogP contribution in [0.3, 0.4) is 0 Å². The van der Waals surface area contributed by atoms with Gasteiger partial charge >= 0.3 is 0 Å². The summed E-state index contributed by atoms with van der Waals surface area (Å²) in [5.41, 5.74) is 6.52. The van der Waals surface area contributed by atoms with Gasteiger partial charge in [0.2, 0.25) is 5.91 Å². The summed E-state index contributed by atoms with van der Waals surface area (Å²) in [5.74, 6) is -0.0189. The Hall–Kier alpha value is -1.95. The zero-order valence-corrected chi connectivity index (χ0v) is 13.8. The van der Waals surface area contributed by atoms with Gasteiger partial charge in [0, 0.05) is 44.2 Å². The molecule has 1 aliphatic carbocycles. The van der Waals surface area contributed by atoms with Gasteiger partial charge in [-0.2, -0.15) is 0 Å². The van der Waals surface area contributed by atoms with Crippen molar-refractivity contribution in [3.05, 3.63) is 35.6 Å². The second-order valence-electron chi connectivity index (χ2n) is 6.74. The average Bonchev–Trinajstić information content (AvgIpc) is 3.00. The van der Waals surface area contributed by atoms with Crippen molar-refractivity contribution >= 4 is 11.8 Å². The predicted molar refractivity (Wildman–Crippen MR) is 88.8 cm³/mol. The number of benzene rings is 1. The fourth-order valence-electron chi connectivity index (χ4n) is 3.61. The topological polar surface area (TPSA) is 66.6 Å². The third-order valence-electron chi connectivity index (χ3n) is 5.17. The van der Waals surface area contributed by atoms with Crippen molar-refractivity contribution in [3.8, 4) is 0 Å². The summed E-state index contributed by atoms with van der Waals surface area (Å²) < 4.78 is 12.9. The highest BCUT2D eigenvalue weighted by Crippen LogP contribution is 2.27. The van der Waals surface area contributed by atoms with E-state index in [1.165, 1.54) is 24.3 Å². The molecule has 1 aliphatic heterocycles. The van der Waals surface area contributed by atoms with Crippen LogP contribution in [0, 0.1) is 11.7 Å². The van der Waals surface area contributed by atoms with Gasteiger partial charge in [-0.3, -0.25) is 9.59 Å². The maximum atomic E-state index is 12.9. The molecule has 0 bridgehead atoms. The Kier molecular flexibility index (Phi) is 5.14. The van der Waals surface area contributed by atoms with Crippen molar-refractivity contribution in [2.75, 3.05) is 26.2 Å². The SMILES string of the molecule is N[C@@H]1CCC[C@H]1CC(=O)N1CCN(C(=O)c2ccc(F)cc2)CC1. The van der Waals surface area contributed by atoms with Crippen molar-refractivity contribution in [1.82, 2.24) is 9.80 Å². The van der Waals surface area contributed by atoms with Crippen molar-refractivity contribution in [3.63, 3.8) is 0 Å². The molecule has 1 aromatic carbocycles. The van der Waals surface area contributed by atoms with Crippen LogP contribution in [0.15, 0.2) is 24.3 Å². The van der Waals surface area contributed by atoms with E-state index in [-0.39, 0.29) is 23.7 Å². The Morgan fingerprint density at radius 3 is 2.25 bits per heavy atom. The summed E-state index contributed by atoms with van der Waals surface area (Å²) in [5, 5.41) is 0. The van der Waals surface area contributed by atoms with E-state index in [1.54, 1.807) is 4.90 Å². The van der Waals surface area contributed by atoms with Gasteiger partial charge in [0.15, 0.2) is 0 Å². The molecule has 2 N–H and O–H groups in total. The van der Waals surface area contributed by atoms with E-state index >= 15 is 0 Å². The summed E-state index contributed by atoms with van der Waals surface area (Å²) in [6.45, 7) is 2.12. The van der Waals surface area contributed by atoms with Gasteiger partial charge in [-0.15, -0.1) is 0 Å². The summed E-state index contributed by atoms with van der Waals surface area (Å²) in [6, 6.07) is 5.72. The minimum absolute atomic E-state index is 0.111. The van der Waals surface area contributed by atoms with Crippen LogP contribution in [-0.2, 0) is 4.79 Å². The molecule has 2 atom stereocenters. The van der Waals surface area contributed by atoms with E-state index in [0.717, 1.165) is 19.3 Å². The predicted octanol–water partition coefficient (Wildman–Crippen LogP) is 1.63. The van der Waals surface area contributed by atoms with Crippen LogP contribution < -0.4 is 5.73 Å². The molecule has 0 aromatic heterocycles. The van der Waals surface area contributed by atoms with Crippen LogP contribution in [0.5, 0.6) is 0 Å². The number of carbonyl (C=O) groups excluding carboxylic acids is 2. The lowest BCUT2D eigenvalue weighted by Gasteiger charge is -2.35. The smallest absolute Gasteiger partial charge is 0.253 e. The fraction of sp³-hybridized carbons (Fsp3) is 0.556. The Balaban J connectivity index is 1.50. The average molecular weight is 333 g/mol. The van der Waals surface area contributed by atoms with E-state index in [4.69, 9.17) is 5.73 Å². The first-order valence-electron chi connectivity index (χ1n) is 8.63. The number of nitrogens with two attached hydrogens (primary N) is 1. The second kappa shape index (κ2) is 7.30. The van der Waals surface area contributed by atoms with E-state index < -0.39 is 0 Å². The molecule has 24 heavy (non-hydrogen) atoms. The molecule has 130 valence electrons. The molecule has 6 heteroatoms. The number of hydrogen-bond donors (Lipinski definition) is 1. The van der Waals surface area contributed by atoms with E-state index in [0.29, 0.717) is 44.1 Å². The van der Waals surface area contributed by atoms with Crippen molar-refractivity contribution in [2.45, 2.75) is 31.7 Å². The Morgan fingerprint density at radius 1 is 1.04 bits per heavy atom. The number of amides is 2. The highest BCUT2D eigenvalue weighted by Gasteiger charge is 2.30. The van der Waals surface area contributed by atoms with E-state index in [1.807, 2.05) is 4.90 Å². The molecule has 2 fully saturated rings. The zero-order chi connectivity index (χ0) is 17.1. The highest BCUT2D eigenvalue weighted by molar-refractivity contribution is 5.94. The number of piperazine rings is 1. The lowest BCUT2D eigenvalue weighted by atomic mass is 9.99. The molecule has 1 aromatic rings. The highest BCUT2D eigenvalue weighted by atomic mass is 19.1. The first kappa shape index (κ1) is 16.9. The number of hydrogen-bond acceptors (Lipinski definition) is 3. The Bertz CT molecular complexity index is 597. The number of rotatable bonds is 3. The first-order chi connectivity index (χ1) is 11.5. The van der Waals surface area contributed by atoms with Gasteiger partial charge in [0.25, 0.3) is 5.91 Å². The van der Waals surface area contributed by atoms with Crippen molar-refractivity contribution < 1.29 is 14.0 Å². The normalized spacial score (nSPS) is 24.2. The zero-order valence-electron chi connectivity index (χ0n) is 13.8. The molecule has 1 saturated heterocycles. The third kappa shape index (κ3) is 3.75. The molecule has 0 unspecified atom stereocenters. The van der Waals surface area contributed by atoms with Crippen LogP contribution in [0.1, 0.15) is 36.0 Å². The largest absolute Gasteiger partial charge is 0.339 e. The quantitative estimate of drug-likeness (QED) is 0.914. The third-order valence-corrected chi connectivity index (χ3v) is 5.17. The summed E-state index contributed by atoms with van der Waals surface area (Å²) in [7, 11) is 0.